The van der Waals surface area contributed by atoms with Gasteiger partial charge >= 0.3 is 11.9 Å². The Morgan fingerprint density at radius 3 is 2.29 bits per heavy atom. The molecule has 7 heteroatoms. The summed E-state index contributed by atoms with van der Waals surface area (Å²) in [7, 11) is 1.16. The highest BCUT2D eigenvalue weighted by Gasteiger charge is 2.24. The number of ether oxygens (including phenoxy) is 2. The van der Waals surface area contributed by atoms with Gasteiger partial charge in [0.1, 0.15) is 0 Å². The largest absolute Gasteiger partial charge is 0.466 e. The first-order valence-electron chi connectivity index (χ1n) is 6.35. The molecule has 1 aliphatic heterocycles. The average Bonchev–Trinajstić information content (AvgIpc) is 2.50. The number of carbonyl (C=O) groups is 4. The molecule has 0 unspecified atom stereocenters. The number of rotatable bonds is 5. The van der Waals surface area contributed by atoms with E-state index in [0.717, 1.165) is 24.8 Å². The summed E-state index contributed by atoms with van der Waals surface area (Å²) in [6, 6.07) is 0. The van der Waals surface area contributed by atoms with Crippen LogP contribution >= 0.6 is 0 Å². The van der Waals surface area contributed by atoms with Gasteiger partial charge in [-0.15, -0.1) is 0 Å². The fourth-order valence-corrected chi connectivity index (χ4v) is 1.65. The SMILES string of the molecule is C=C1CCN(C(=O)C(=O)COC(=O)/C=C/C(=O)OC)CC1. The minimum atomic E-state index is -0.895. The summed E-state index contributed by atoms with van der Waals surface area (Å²) < 4.78 is 8.87. The van der Waals surface area contributed by atoms with Crippen molar-refractivity contribution < 1.29 is 28.7 Å². The van der Waals surface area contributed by atoms with E-state index in [-0.39, 0.29) is 0 Å². The molecule has 0 aromatic rings. The summed E-state index contributed by atoms with van der Waals surface area (Å²) in [5.41, 5.74) is 1.05. The topological polar surface area (TPSA) is 90.0 Å². The summed E-state index contributed by atoms with van der Waals surface area (Å²) in [6.45, 7) is 4.05. The molecule has 0 aliphatic carbocycles. The van der Waals surface area contributed by atoms with Crippen LogP contribution < -0.4 is 0 Å². The third-order valence-corrected chi connectivity index (χ3v) is 2.90. The van der Waals surface area contributed by atoms with Gasteiger partial charge in [0, 0.05) is 25.2 Å². The van der Waals surface area contributed by atoms with Crippen LogP contribution in [0.4, 0.5) is 0 Å². The molecule has 1 amide bonds. The van der Waals surface area contributed by atoms with Gasteiger partial charge in [-0.2, -0.15) is 0 Å². The van der Waals surface area contributed by atoms with Crippen molar-refractivity contribution in [2.75, 3.05) is 26.8 Å². The summed E-state index contributed by atoms with van der Waals surface area (Å²) in [4.78, 5) is 46.8. The predicted molar refractivity (Wildman–Crippen MR) is 72.1 cm³/mol. The average molecular weight is 295 g/mol. The molecule has 1 rings (SSSR count). The third kappa shape index (κ3) is 5.60. The fraction of sp³-hybridized carbons (Fsp3) is 0.429. The van der Waals surface area contributed by atoms with Gasteiger partial charge in [0.15, 0.2) is 6.61 Å². The first-order valence-corrected chi connectivity index (χ1v) is 6.35. The molecular formula is C14H17NO6. The highest BCUT2D eigenvalue weighted by atomic mass is 16.5. The number of nitrogens with zero attached hydrogens (tertiary/aromatic N) is 1. The lowest BCUT2D eigenvalue weighted by Crippen LogP contribution is -2.42. The lowest BCUT2D eigenvalue weighted by molar-refractivity contribution is -0.151. The summed E-state index contributed by atoms with van der Waals surface area (Å²) in [6.07, 6.45) is 3.03. The Hall–Kier alpha value is -2.44. The van der Waals surface area contributed by atoms with E-state index in [0.29, 0.717) is 25.9 Å². The van der Waals surface area contributed by atoms with Crippen LogP contribution in [0.15, 0.2) is 24.3 Å². The van der Waals surface area contributed by atoms with E-state index in [2.05, 4.69) is 16.1 Å². The van der Waals surface area contributed by atoms with Crippen molar-refractivity contribution in [2.45, 2.75) is 12.8 Å². The Bertz CT molecular complexity index is 484. The number of likely N-dealkylation sites (tertiary alicyclic amines) is 1. The smallest absolute Gasteiger partial charge is 0.331 e. The number of hydrogen-bond acceptors (Lipinski definition) is 6. The zero-order valence-electron chi connectivity index (χ0n) is 11.8. The minimum Gasteiger partial charge on any atom is -0.466 e. The molecule has 1 fully saturated rings. The second kappa shape index (κ2) is 7.98. The van der Waals surface area contributed by atoms with Crippen LogP contribution in [-0.4, -0.2) is 55.3 Å². The van der Waals surface area contributed by atoms with Gasteiger partial charge in [0.25, 0.3) is 11.7 Å². The molecule has 1 aliphatic rings. The van der Waals surface area contributed by atoms with Crippen LogP contribution in [0.25, 0.3) is 0 Å². The second-order valence-corrected chi connectivity index (χ2v) is 4.43. The molecule has 0 bridgehead atoms. The molecule has 0 aromatic carbocycles. The number of methoxy groups -OCH3 is 1. The van der Waals surface area contributed by atoms with E-state index < -0.39 is 30.2 Å². The first kappa shape index (κ1) is 16.6. The molecule has 1 heterocycles. The van der Waals surface area contributed by atoms with Crippen molar-refractivity contribution >= 4 is 23.6 Å². The predicted octanol–water partition coefficient (Wildman–Crippen LogP) is 0.00650. The maximum atomic E-state index is 11.8. The van der Waals surface area contributed by atoms with E-state index in [9.17, 15) is 19.2 Å². The van der Waals surface area contributed by atoms with Crippen LogP contribution in [0.5, 0.6) is 0 Å². The first-order chi connectivity index (χ1) is 9.93. The van der Waals surface area contributed by atoms with Crippen LogP contribution in [0, 0.1) is 0 Å². The summed E-state index contributed by atoms with van der Waals surface area (Å²) in [5, 5.41) is 0. The normalized spacial score (nSPS) is 14.9. The highest BCUT2D eigenvalue weighted by Crippen LogP contribution is 2.13. The third-order valence-electron chi connectivity index (χ3n) is 2.90. The Balaban J connectivity index is 2.37. The molecule has 0 saturated carbocycles. The van der Waals surface area contributed by atoms with Crippen molar-refractivity contribution in [2.24, 2.45) is 0 Å². The lowest BCUT2D eigenvalue weighted by Gasteiger charge is -2.27. The zero-order valence-corrected chi connectivity index (χ0v) is 11.8. The van der Waals surface area contributed by atoms with Crippen LogP contribution in [0.1, 0.15) is 12.8 Å². The maximum Gasteiger partial charge on any atom is 0.331 e. The second-order valence-electron chi connectivity index (χ2n) is 4.43. The highest BCUT2D eigenvalue weighted by molar-refractivity contribution is 6.36. The Morgan fingerprint density at radius 1 is 1.14 bits per heavy atom. The van der Waals surface area contributed by atoms with Crippen LogP contribution in [0.3, 0.4) is 0 Å². The van der Waals surface area contributed by atoms with Gasteiger partial charge in [0.2, 0.25) is 0 Å². The van der Waals surface area contributed by atoms with E-state index in [1.807, 2.05) is 0 Å². The number of amides is 1. The molecule has 0 spiro atoms. The van der Waals surface area contributed by atoms with Gasteiger partial charge in [-0.1, -0.05) is 12.2 Å². The van der Waals surface area contributed by atoms with E-state index >= 15 is 0 Å². The van der Waals surface area contributed by atoms with Gasteiger partial charge in [-0.3, -0.25) is 9.59 Å². The van der Waals surface area contributed by atoms with Crippen molar-refractivity contribution in [1.29, 1.82) is 0 Å². The van der Waals surface area contributed by atoms with Gasteiger partial charge in [-0.25, -0.2) is 9.59 Å². The summed E-state index contributed by atoms with van der Waals surface area (Å²) in [5.74, 6) is -3.09. The van der Waals surface area contributed by atoms with E-state index in [1.165, 1.54) is 4.90 Å². The van der Waals surface area contributed by atoms with Crippen molar-refractivity contribution in [3.63, 3.8) is 0 Å². The number of carbonyl (C=O) groups excluding carboxylic acids is 4. The Morgan fingerprint density at radius 2 is 1.71 bits per heavy atom. The number of hydrogen-bond donors (Lipinski definition) is 0. The fourth-order valence-electron chi connectivity index (χ4n) is 1.65. The number of esters is 2. The molecular weight excluding hydrogens is 278 g/mol. The molecule has 114 valence electrons. The van der Waals surface area contributed by atoms with Crippen molar-refractivity contribution in [3.8, 4) is 0 Å². The minimum absolute atomic E-state index is 0.444. The maximum absolute atomic E-state index is 11.8. The standard InChI is InChI=1S/C14H17NO6/c1-10-5-7-15(8-6-10)14(19)11(16)9-21-13(18)4-3-12(17)20-2/h3-4H,1,5-9H2,2H3/b4-3+. The van der Waals surface area contributed by atoms with Gasteiger partial charge in [-0.05, 0) is 12.8 Å². The van der Waals surface area contributed by atoms with Crippen molar-refractivity contribution in [1.82, 2.24) is 4.90 Å². The van der Waals surface area contributed by atoms with Gasteiger partial charge < -0.3 is 14.4 Å². The van der Waals surface area contributed by atoms with Crippen LogP contribution in [-0.2, 0) is 28.7 Å². The molecule has 7 nitrogen and oxygen atoms in total. The molecule has 0 atom stereocenters. The van der Waals surface area contributed by atoms with E-state index in [1.54, 1.807) is 0 Å². The lowest BCUT2D eigenvalue weighted by atomic mass is 10.1. The monoisotopic (exact) mass is 295 g/mol. The number of ketones is 1. The summed E-state index contributed by atoms with van der Waals surface area (Å²) >= 11 is 0. The number of piperidine rings is 1. The quantitative estimate of drug-likeness (QED) is 0.307. The Kier molecular flexibility index (Phi) is 6.32. The van der Waals surface area contributed by atoms with Crippen LogP contribution in [0.2, 0.25) is 0 Å². The zero-order chi connectivity index (χ0) is 15.8. The molecule has 0 aromatic heterocycles. The number of Topliss-reactive ketones (excluding diaryl/α,β-unsaturated/α-hetero) is 1. The Labute approximate surface area is 122 Å². The molecule has 21 heavy (non-hydrogen) atoms. The molecule has 0 radical (unpaired) electrons. The van der Waals surface area contributed by atoms with Crippen molar-refractivity contribution in [3.05, 3.63) is 24.3 Å². The molecule has 0 N–H and O–H groups in total. The van der Waals surface area contributed by atoms with Gasteiger partial charge in [0.05, 0.1) is 7.11 Å². The van der Waals surface area contributed by atoms with E-state index in [4.69, 9.17) is 0 Å². The molecule has 1 saturated heterocycles.